The Labute approximate surface area is 117 Å². The standard InChI is InChI=1S/C17H26N2/c1-3-12-19(15-17(2)10-11-18-14-17)13-9-16-7-5-4-6-8-16/h3-8,18H,1,9-15H2,2H3. The van der Waals surface area contributed by atoms with E-state index >= 15 is 0 Å². The summed E-state index contributed by atoms with van der Waals surface area (Å²) in [6, 6.07) is 10.7. The minimum atomic E-state index is 0.430. The van der Waals surface area contributed by atoms with Crippen molar-refractivity contribution in [1.29, 1.82) is 0 Å². The topological polar surface area (TPSA) is 15.3 Å². The molecule has 0 spiro atoms. The molecule has 1 aromatic carbocycles. The summed E-state index contributed by atoms with van der Waals surface area (Å²) in [6.07, 6.45) is 4.43. The summed E-state index contributed by atoms with van der Waals surface area (Å²) in [4.78, 5) is 2.53. The van der Waals surface area contributed by atoms with Crippen molar-refractivity contribution in [3.05, 3.63) is 48.6 Å². The van der Waals surface area contributed by atoms with Gasteiger partial charge in [0.05, 0.1) is 0 Å². The fourth-order valence-electron chi connectivity index (χ4n) is 2.89. The Balaban J connectivity index is 1.87. The highest BCUT2D eigenvalue weighted by Gasteiger charge is 2.30. The largest absolute Gasteiger partial charge is 0.316 e. The Kier molecular flexibility index (Phi) is 5.17. The molecule has 1 unspecified atom stereocenters. The molecule has 0 bridgehead atoms. The van der Waals surface area contributed by atoms with Gasteiger partial charge in [-0.25, -0.2) is 0 Å². The van der Waals surface area contributed by atoms with Gasteiger partial charge in [0.15, 0.2) is 0 Å². The molecule has 0 radical (unpaired) electrons. The summed E-state index contributed by atoms with van der Waals surface area (Å²) in [6.45, 7) is 11.9. The Morgan fingerprint density at radius 3 is 2.79 bits per heavy atom. The highest BCUT2D eigenvalue weighted by molar-refractivity contribution is 5.14. The normalized spacial score (nSPS) is 22.8. The van der Waals surface area contributed by atoms with Crippen LogP contribution in [0.5, 0.6) is 0 Å². The monoisotopic (exact) mass is 258 g/mol. The first-order valence-electron chi connectivity index (χ1n) is 7.30. The van der Waals surface area contributed by atoms with Gasteiger partial charge in [-0.05, 0) is 30.4 Å². The van der Waals surface area contributed by atoms with Crippen LogP contribution in [0, 0.1) is 5.41 Å². The van der Waals surface area contributed by atoms with Gasteiger partial charge in [0.25, 0.3) is 0 Å². The lowest BCUT2D eigenvalue weighted by molar-refractivity contribution is 0.194. The van der Waals surface area contributed by atoms with E-state index in [0.29, 0.717) is 5.41 Å². The second-order valence-corrected chi connectivity index (χ2v) is 6.00. The molecule has 2 heteroatoms. The van der Waals surface area contributed by atoms with E-state index in [4.69, 9.17) is 0 Å². The van der Waals surface area contributed by atoms with Crippen LogP contribution in [0.4, 0.5) is 0 Å². The minimum absolute atomic E-state index is 0.430. The van der Waals surface area contributed by atoms with E-state index in [0.717, 1.165) is 32.6 Å². The zero-order valence-corrected chi connectivity index (χ0v) is 12.1. The first-order chi connectivity index (χ1) is 9.22. The van der Waals surface area contributed by atoms with Gasteiger partial charge in [-0.1, -0.05) is 43.3 Å². The van der Waals surface area contributed by atoms with Crippen molar-refractivity contribution in [2.24, 2.45) is 5.41 Å². The van der Waals surface area contributed by atoms with Crippen molar-refractivity contribution in [2.75, 3.05) is 32.7 Å². The molecule has 1 fully saturated rings. The highest BCUT2D eigenvalue weighted by Crippen LogP contribution is 2.25. The van der Waals surface area contributed by atoms with Crippen LogP contribution in [0.3, 0.4) is 0 Å². The van der Waals surface area contributed by atoms with Gasteiger partial charge < -0.3 is 5.32 Å². The molecule has 0 aromatic heterocycles. The third-order valence-electron chi connectivity index (χ3n) is 4.01. The smallest absolute Gasteiger partial charge is 0.0160 e. The van der Waals surface area contributed by atoms with Crippen LogP contribution in [0.25, 0.3) is 0 Å². The third kappa shape index (κ3) is 4.48. The molecular formula is C17H26N2. The summed E-state index contributed by atoms with van der Waals surface area (Å²) in [5.41, 5.74) is 1.85. The number of hydrogen-bond acceptors (Lipinski definition) is 2. The first-order valence-corrected chi connectivity index (χ1v) is 7.30. The summed E-state index contributed by atoms with van der Waals surface area (Å²) >= 11 is 0. The number of nitrogens with one attached hydrogen (secondary N) is 1. The van der Waals surface area contributed by atoms with E-state index in [9.17, 15) is 0 Å². The first kappa shape index (κ1) is 14.3. The van der Waals surface area contributed by atoms with Gasteiger partial charge in [0.2, 0.25) is 0 Å². The Morgan fingerprint density at radius 1 is 1.37 bits per heavy atom. The SMILES string of the molecule is C=CCN(CCc1ccccc1)CC1(C)CCNC1. The maximum absolute atomic E-state index is 3.90. The van der Waals surface area contributed by atoms with Crippen LogP contribution in [-0.2, 0) is 6.42 Å². The van der Waals surface area contributed by atoms with Gasteiger partial charge in [-0.2, -0.15) is 0 Å². The molecule has 1 aliphatic heterocycles. The third-order valence-corrected chi connectivity index (χ3v) is 4.01. The van der Waals surface area contributed by atoms with E-state index in [1.807, 2.05) is 6.08 Å². The lowest BCUT2D eigenvalue weighted by Crippen LogP contribution is -2.38. The maximum Gasteiger partial charge on any atom is 0.0160 e. The van der Waals surface area contributed by atoms with Crippen molar-refractivity contribution in [1.82, 2.24) is 10.2 Å². The molecule has 0 saturated carbocycles. The Bertz CT molecular complexity index is 380. The molecule has 0 aliphatic carbocycles. The molecule has 1 atom stereocenters. The zero-order valence-electron chi connectivity index (χ0n) is 12.1. The van der Waals surface area contributed by atoms with Crippen LogP contribution in [0.2, 0.25) is 0 Å². The van der Waals surface area contributed by atoms with Crippen LogP contribution in [-0.4, -0.2) is 37.6 Å². The van der Waals surface area contributed by atoms with E-state index in [1.54, 1.807) is 0 Å². The van der Waals surface area contributed by atoms with E-state index < -0.39 is 0 Å². The van der Waals surface area contributed by atoms with Crippen LogP contribution < -0.4 is 5.32 Å². The van der Waals surface area contributed by atoms with Gasteiger partial charge >= 0.3 is 0 Å². The zero-order chi connectivity index (χ0) is 13.6. The number of hydrogen-bond donors (Lipinski definition) is 1. The summed E-state index contributed by atoms with van der Waals surface area (Å²) in [7, 11) is 0. The molecule has 1 aromatic rings. The average molecular weight is 258 g/mol. The average Bonchev–Trinajstić information content (AvgIpc) is 2.84. The van der Waals surface area contributed by atoms with Gasteiger partial charge in [0, 0.05) is 26.2 Å². The molecule has 19 heavy (non-hydrogen) atoms. The molecule has 2 nitrogen and oxygen atoms in total. The predicted molar refractivity (Wildman–Crippen MR) is 82.4 cm³/mol. The van der Waals surface area contributed by atoms with Crippen molar-refractivity contribution in [3.8, 4) is 0 Å². The fourth-order valence-corrected chi connectivity index (χ4v) is 2.89. The molecule has 1 aliphatic rings. The van der Waals surface area contributed by atoms with Crippen molar-refractivity contribution < 1.29 is 0 Å². The molecule has 2 rings (SSSR count). The van der Waals surface area contributed by atoms with Crippen molar-refractivity contribution in [3.63, 3.8) is 0 Å². The number of rotatable bonds is 7. The lowest BCUT2D eigenvalue weighted by atomic mass is 9.89. The minimum Gasteiger partial charge on any atom is -0.316 e. The highest BCUT2D eigenvalue weighted by atomic mass is 15.1. The molecule has 0 amide bonds. The summed E-state index contributed by atoms with van der Waals surface area (Å²) in [5, 5.41) is 3.48. The van der Waals surface area contributed by atoms with Gasteiger partial charge in [-0.15, -0.1) is 6.58 Å². The van der Waals surface area contributed by atoms with Crippen LogP contribution in [0.15, 0.2) is 43.0 Å². The molecule has 104 valence electrons. The van der Waals surface area contributed by atoms with Gasteiger partial charge in [-0.3, -0.25) is 4.90 Å². The maximum atomic E-state index is 3.90. The Morgan fingerprint density at radius 2 is 2.16 bits per heavy atom. The van der Waals surface area contributed by atoms with E-state index in [2.05, 4.69) is 54.1 Å². The predicted octanol–water partition coefficient (Wildman–Crippen LogP) is 2.72. The lowest BCUT2D eigenvalue weighted by Gasteiger charge is -2.31. The van der Waals surface area contributed by atoms with E-state index in [-0.39, 0.29) is 0 Å². The quantitative estimate of drug-likeness (QED) is 0.757. The molecule has 1 N–H and O–H groups in total. The van der Waals surface area contributed by atoms with Gasteiger partial charge in [0.1, 0.15) is 0 Å². The summed E-state index contributed by atoms with van der Waals surface area (Å²) < 4.78 is 0. The molecular weight excluding hydrogens is 232 g/mol. The number of benzene rings is 1. The Hall–Kier alpha value is -1.12. The summed E-state index contributed by atoms with van der Waals surface area (Å²) in [5.74, 6) is 0. The second-order valence-electron chi connectivity index (χ2n) is 6.00. The van der Waals surface area contributed by atoms with E-state index in [1.165, 1.54) is 18.5 Å². The molecule has 1 saturated heterocycles. The van der Waals surface area contributed by atoms with Crippen LogP contribution in [0.1, 0.15) is 18.9 Å². The number of nitrogens with zero attached hydrogens (tertiary/aromatic N) is 1. The molecule has 1 heterocycles. The fraction of sp³-hybridized carbons (Fsp3) is 0.529. The second kappa shape index (κ2) is 6.88. The van der Waals surface area contributed by atoms with Crippen molar-refractivity contribution >= 4 is 0 Å². The van der Waals surface area contributed by atoms with Crippen molar-refractivity contribution in [2.45, 2.75) is 19.8 Å². The van der Waals surface area contributed by atoms with Crippen LogP contribution >= 0.6 is 0 Å².